The highest BCUT2D eigenvalue weighted by molar-refractivity contribution is 7.21. The number of thiazole rings is 1. The van der Waals surface area contributed by atoms with Crippen molar-refractivity contribution in [1.82, 2.24) is 4.98 Å². The predicted octanol–water partition coefficient (Wildman–Crippen LogP) is 12.4. The largest absolute Gasteiger partial charge is 0.490 e. The van der Waals surface area contributed by atoms with Gasteiger partial charge in [0.2, 0.25) is 0 Å². The van der Waals surface area contributed by atoms with Gasteiger partial charge in [-0.15, -0.1) is 11.3 Å². The van der Waals surface area contributed by atoms with E-state index in [2.05, 4.69) is 128 Å². The highest BCUT2D eigenvalue weighted by Gasteiger charge is 2.41. The number of anilines is 3. The minimum Gasteiger partial charge on any atom is -0.490 e. The van der Waals surface area contributed by atoms with Crippen molar-refractivity contribution in [2.45, 2.75) is 46.0 Å². The second-order valence-electron chi connectivity index (χ2n) is 12.3. The van der Waals surface area contributed by atoms with Crippen LogP contribution in [0.4, 0.5) is 17.1 Å². The second-order valence-corrected chi connectivity index (χ2v) is 13.4. The first-order chi connectivity index (χ1) is 24.1. The summed E-state index contributed by atoms with van der Waals surface area (Å²) in [5.74, 6) is 1.69. The van der Waals surface area contributed by atoms with Crippen molar-refractivity contribution in [3.8, 4) is 33.2 Å². The van der Waals surface area contributed by atoms with Gasteiger partial charge in [-0.25, -0.2) is 4.98 Å². The third-order valence-corrected chi connectivity index (χ3v) is 10.8. The molecule has 0 saturated heterocycles. The third kappa shape index (κ3) is 6.15. The minimum atomic E-state index is -0.103. The lowest BCUT2D eigenvalue weighted by Crippen LogP contribution is -2.23. The van der Waals surface area contributed by atoms with E-state index >= 15 is 0 Å². The summed E-state index contributed by atoms with van der Waals surface area (Å²) in [5, 5.41) is 1.07. The molecule has 5 heteroatoms. The fourth-order valence-electron chi connectivity index (χ4n) is 7.07. The zero-order valence-electron chi connectivity index (χ0n) is 28.6. The quantitative estimate of drug-likeness (QED) is 0.122. The molecule has 1 aromatic heterocycles. The lowest BCUT2D eigenvalue weighted by molar-refractivity contribution is 0.362. The van der Waals surface area contributed by atoms with Crippen LogP contribution in [-0.2, 0) is 5.41 Å². The molecule has 6 aromatic rings. The lowest BCUT2D eigenvalue weighted by atomic mass is 9.73. The van der Waals surface area contributed by atoms with Crippen LogP contribution in [-0.4, -0.2) is 18.2 Å². The number of nitrogens with zero attached hydrogens (tertiary/aromatic N) is 2. The first kappa shape index (κ1) is 32.4. The van der Waals surface area contributed by atoms with Crippen LogP contribution in [0.2, 0.25) is 0 Å². The van der Waals surface area contributed by atoms with Crippen molar-refractivity contribution in [3.63, 3.8) is 0 Å². The molecule has 0 unspecified atom stereocenters. The molecule has 5 aromatic carbocycles. The number of benzene rings is 5. The Balaban J connectivity index is 1.30. The summed E-state index contributed by atoms with van der Waals surface area (Å²) in [6.45, 7) is 9.77. The van der Waals surface area contributed by atoms with Gasteiger partial charge in [-0.2, -0.15) is 0 Å². The van der Waals surface area contributed by atoms with Gasteiger partial charge in [-0.3, -0.25) is 0 Å². The van der Waals surface area contributed by atoms with E-state index in [1.807, 2.05) is 38.2 Å². The topological polar surface area (TPSA) is 34.6 Å². The van der Waals surface area contributed by atoms with Crippen LogP contribution < -0.4 is 14.4 Å². The number of fused-ring (bicyclic) bond motifs is 4. The number of rotatable bonds is 12. The number of ether oxygens (including phenoxy) is 2. The van der Waals surface area contributed by atoms with E-state index in [0.29, 0.717) is 13.2 Å². The summed E-state index contributed by atoms with van der Waals surface area (Å²) >= 11 is 1.77. The zero-order valence-corrected chi connectivity index (χ0v) is 29.5. The molecule has 0 fully saturated rings. The van der Waals surface area contributed by atoms with Crippen LogP contribution in [0.3, 0.4) is 0 Å². The Morgan fingerprint density at radius 2 is 1.20 bits per heavy atom. The van der Waals surface area contributed by atoms with Crippen molar-refractivity contribution in [1.29, 1.82) is 0 Å². The minimum absolute atomic E-state index is 0.103. The normalized spacial score (nSPS) is 13.2. The molecule has 0 amide bonds. The Morgan fingerprint density at radius 1 is 0.653 bits per heavy atom. The van der Waals surface area contributed by atoms with E-state index < -0.39 is 0 Å². The molecule has 246 valence electrons. The van der Waals surface area contributed by atoms with Crippen LogP contribution >= 0.6 is 11.3 Å². The molecule has 7 rings (SSSR count). The van der Waals surface area contributed by atoms with Crippen LogP contribution in [0.15, 0.2) is 133 Å². The van der Waals surface area contributed by atoms with E-state index in [1.165, 1.54) is 32.5 Å². The molecule has 0 aliphatic heterocycles. The van der Waals surface area contributed by atoms with Crippen molar-refractivity contribution < 1.29 is 9.47 Å². The van der Waals surface area contributed by atoms with Crippen LogP contribution in [0.5, 0.6) is 11.5 Å². The van der Waals surface area contributed by atoms with Crippen molar-refractivity contribution in [2.75, 3.05) is 18.1 Å². The van der Waals surface area contributed by atoms with Gasteiger partial charge in [0.1, 0.15) is 29.7 Å². The van der Waals surface area contributed by atoms with E-state index in [9.17, 15) is 0 Å². The number of aromatic nitrogens is 1. The summed E-state index contributed by atoms with van der Waals surface area (Å²) in [6.07, 6.45) is 10.0. The fourth-order valence-corrected chi connectivity index (χ4v) is 8.04. The molecule has 0 saturated carbocycles. The average Bonchev–Trinajstić information content (AvgIpc) is 3.70. The van der Waals surface area contributed by atoms with Gasteiger partial charge in [0.05, 0.1) is 10.2 Å². The summed E-state index contributed by atoms with van der Waals surface area (Å²) < 4.78 is 13.1. The summed E-state index contributed by atoms with van der Waals surface area (Å²) in [5.41, 5.74) is 10.8. The first-order valence-electron chi connectivity index (χ1n) is 17.2. The van der Waals surface area contributed by atoms with E-state index in [0.717, 1.165) is 51.9 Å². The zero-order chi connectivity index (χ0) is 33.8. The Bertz CT molecular complexity index is 2030. The molecular weight excluding hydrogens is 621 g/mol. The SMILES string of the molecule is C/C=C/COc1ccc(N(c2ccc(OC/C=C/C)cc2)c2ccc3c(c2)C(CC)(CC)c2cc(-c4nc5ccccc5s4)ccc2-3)cc1. The van der Waals surface area contributed by atoms with Gasteiger partial charge < -0.3 is 14.4 Å². The van der Waals surface area contributed by atoms with Crippen LogP contribution in [0.25, 0.3) is 31.9 Å². The molecule has 1 aliphatic rings. The monoisotopic (exact) mass is 662 g/mol. The maximum atomic E-state index is 5.94. The summed E-state index contributed by atoms with van der Waals surface area (Å²) in [7, 11) is 0. The van der Waals surface area contributed by atoms with Gasteiger partial charge in [-0.1, -0.05) is 68.5 Å². The predicted molar refractivity (Wildman–Crippen MR) is 207 cm³/mol. The Labute approximate surface area is 294 Å². The van der Waals surface area contributed by atoms with E-state index in [4.69, 9.17) is 14.5 Å². The van der Waals surface area contributed by atoms with Crippen molar-refractivity contribution in [3.05, 3.63) is 145 Å². The molecule has 0 bridgehead atoms. The first-order valence-corrected chi connectivity index (χ1v) is 18.0. The van der Waals surface area contributed by atoms with Crippen molar-refractivity contribution in [2.24, 2.45) is 0 Å². The molecular formula is C44H42N2O2S. The Morgan fingerprint density at radius 3 is 1.78 bits per heavy atom. The summed E-state index contributed by atoms with van der Waals surface area (Å²) in [6, 6.07) is 39.2. The van der Waals surface area contributed by atoms with Crippen LogP contribution in [0.1, 0.15) is 51.7 Å². The second kappa shape index (κ2) is 14.2. The van der Waals surface area contributed by atoms with E-state index in [1.54, 1.807) is 11.3 Å². The number of para-hydroxylation sites is 1. The Kier molecular flexibility index (Phi) is 9.36. The molecule has 49 heavy (non-hydrogen) atoms. The maximum absolute atomic E-state index is 5.94. The van der Waals surface area contributed by atoms with Crippen molar-refractivity contribution >= 4 is 38.6 Å². The van der Waals surface area contributed by atoms with Gasteiger partial charge in [0, 0.05) is 28.0 Å². The van der Waals surface area contributed by atoms with Gasteiger partial charge in [0.25, 0.3) is 0 Å². The Hall–Kier alpha value is -5.13. The molecule has 1 aliphatic carbocycles. The van der Waals surface area contributed by atoms with Gasteiger partial charge in [-0.05, 0) is 128 Å². The average molecular weight is 663 g/mol. The molecule has 4 nitrogen and oxygen atoms in total. The summed E-state index contributed by atoms with van der Waals surface area (Å²) in [4.78, 5) is 7.33. The number of hydrogen-bond donors (Lipinski definition) is 0. The number of hydrogen-bond acceptors (Lipinski definition) is 5. The fraction of sp³-hybridized carbons (Fsp3) is 0.205. The van der Waals surface area contributed by atoms with Crippen LogP contribution in [0, 0.1) is 0 Å². The van der Waals surface area contributed by atoms with Gasteiger partial charge >= 0.3 is 0 Å². The molecule has 1 heterocycles. The smallest absolute Gasteiger partial charge is 0.124 e. The molecule has 0 spiro atoms. The molecule has 0 atom stereocenters. The van der Waals surface area contributed by atoms with E-state index in [-0.39, 0.29) is 5.41 Å². The van der Waals surface area contributed by atoms with Gasteiger partial charge in [0.15, 0.2) is 0 Å². The molecule has 0 N–H and O–H groups in total. The number of allylic oxidation sites excluding steroid dienone is 2. The molecule has 0 radical (unpaired) electrons. The lowest BCUT2D eigenvalue weighted by Gasteiger charge is -2.32. The standard InChI is InChI=1S/C44H42N2O2S/c1-5-9-27-47-35-21-16-32(17-22-35)46(33-18-23-36(24-19-33)48-28-10-6-2)34-20-26-38-37-25-15-31(43-45-41-13-11-12-14-42(41)49-43)29-39(37)44(7-3,8-4)40(38)30-34/h5-6,9-26,29-30H,7-8,27-28H2,1-4H3/b9-5+,10-6+. The highest BCUT2D eigenvalue weighted by Crippen LogP contribution is 2.55. The maximum Gasteiger partial charge on any atom is 0.124 e. The highest BCUT2D eigenvalue weighted by atomic mass is 32.1. The third-order valence-electron chi connectivity index (χ3n) is 9.70.